The van der Waals surface area contributed by atoms with Crippen molar-refractivity contribution in [3.8, 4) is 0 Å². The highest BCUT2D eigenvalue weighted by molar-refractivity contribution is 5.98. The van der Waals surface area contributed by atoms with E-state index in [4.69, 9.17) is 0 Å². The number of hydrogen-bond donors (Lipinski definition) is 1. The number of rotatable bonds is 3. The Morgan fingerprint density at radius 1 is 1.33 bits per heavy atom. The summed E-state index contributed by atoms with van der Waals surface area (Å²) in [6.07, 6.45) is 3.44. The van der Waals surface area contributed by atoms with Crippen molar-refractivity contribution in [2.45, 2.75) is 26.3 Å². The van der Waals surface area contributed by atoms with Crippen molar-refractivity contribution >= 4 is 17.5 Å². The quantitative estimate of drug-likeness (QED) is 0.907. The minimum atomic E-state index is -0.474. The van der Waals surface area contributed by atoms with E-state index in [9.17, 15) is 9.59 Å². The highest BCUT2D eigenvalue weighted by Crippen LogP contribution is 2.38. The third-order valence-electron chi connectivity index (χ3n) is 4.68. The van der Waals surface area contributed by atoms with Gasteiger partial charge in [-0.25, -0.2) is 0 Å². The van der Waals surface area contributed by atoms with Gasteiger partial charge in [-0.05, 0) is 19.9 Å². The Bertz CT molecular complexity index is 800. The average Bonchev–Trinajstić information content (AvgIpc) is 3.03. The van der Waals surface area contributed by atoms with Gasteiger partial charge in [-0.3, -0.25) is 14.3 Å². The third kappa shape index (κ3) is 2.64. The van der Waals surface area contributed by atoms with E-state index in [0.717, 1.165) is 11.3 Å². The van der Waals surface area contributed by atoms with Crippen LogP contribution in [0.4, 0.5) is 5.69 Å². The number of nitrogens with zero attached hydrogens (tertiary/aromatic N) is 5. The summed E-state index contributed by atoms with van der Waals surface area (Å²) in [5, 5.41) is 14.8. The molecule has 0 aromatic carbocycles. The number of carbonyl (C=O) groups is 2. The van der Waals surface area contributed by atoms with Gasteiger partial charge >= 0.3 is 0 Å². The molecule has 2 aromatic heterocycles. The summed E-state index contributed by atoms with van der Waals surface area (Å²) >= 11 is 0. The summed E-state index contributed by atoms with van der Waals surface area (Å²) in [6.45, 7) is 3.71. The van der Waals surface area contributed by atoms with E-state index in [1.165, 1.54) is 6.20 Å². The Morgan fingerprint density at radius 2 is 2.08 bits per heavy atom. The van der Waals surface area contributed by atoms with Crippen LogP contribution in [0.5, 0.6) is 0 Å². The second-order valence-corrected chi connectivity index (χ2v) is 6.09. The van der Waals surface area contributed by atoms with Gasteiger partial charge in [0.05, 0.1) is 35.7 Å². The van der Waals surface area contributed by atoms with Crippen LogP contribution in [-0.4, -0.2) is 43.7 Å². The number of anilines is 1. The molecule has 2 aromatic rings. The lowest BCUT2D eigenvalue weighted by molar-refractivity contribution is -0.127. The summed E-state index contributed by atoms with van der Waals surface area (Å²) < 4.78 is 1.75. The van der Waals surface area contributed by atoms with Crippen LogP contribution in [-0.2, 0) is 16.6 Å². The molecule has 0 aliphatic carbocycles. The summed E-state index contributed by atoms with van der Waals surface area (Å²) in [5.41, 5.74) is 3.09. The van der Waals surface area contributed by atoms with Crippen LogP contribution >= 0.6 is 0 Å². The van der Waals surface area contributed by atoms with Crippen LogP contribution in [0.1, 0.15) is 29.4 Å². The largest absolute Gasteiger partial charge is 0.338 e. The van der Waals surface area contributed by atoms with Gasteiger partial charge in [-0.2, -0.15) is 15.3 Å². The molecule has 1 aliphatic heterocycles. The topological polar surface area (TPSA) is 93.0 Å². The maximum Gasteiger partial charge on any atom is 0.230 e. The molecule has 1 N–H and O–H groups in total. The first-order chi connectivity index (χ1) is 11.4. The zero-order valence-corrected chi connectivity index (χ0v) is 14.1. The van der Waals surface area contributed by atoms with Crippen molar-refractivity contribution in [1.82, 2.24) is 24.9 Å². The van der Waals surface area contributed by atoms with E-state index in [2.05, 4.69) is 20.6 Å². The lowest BCUT2D eigenvalue weighted by Crippen LogP contribution is -2.30. The van der Waals surface area contributed by atoms with Gasteiger partial charge in [0, 0.05) is 31.8 Å². The van der Waals surface area contributed by atoms with E-state index in [1.54, 1.807) is 35.8 Å². The molecule has 0 bridgehead atoms. The maximum atomic E-state index is 12.8. The number of carbonyl (C=O) groups excluding carboxylic acids is 2. The minimum absolute atomic E-state index is 0.0482. The average molecular weight is 328 g/mol. The van der Waals surface area contributed by atoms with Crippen molar-refractivity contribution in [2.24, 2.45) is 13.0 Å². The fourth-order valence-electron chi connectivity index (χ4n) is 3.10. The van der Waals surface area contributed by atoms with Crippen molar-refractivity contribution in [2.75, 3.05) is 12.4 Å². The van der Waals surface area contributed by atoms with Gasteiger partial charge in [0.25, 0.3) is 0 Å². The summed E-state index contributed by atoms with van der Waals surface area (Å²) in [7, 11) is 3.57. The summed E-state index contributed by atoms with van der Waals surface area (Å²) in [4.78, 5) is 26.6. The van der Waals surface area contributed by atoms with E-state index in [-0.39, 0.29) is 24.3 Å². The maximum absolute atomic E-state index is 12.8. The molecule has 8 heteroatoms. The van der Waals surface area contributed by atoms with Crippen LogP contribution in [0.2, 0.25) is 0 Å². The van der Waals surface area contributed by atoms with Crippen LogP contribution in [0.3, 0.4) is 0 Å². The van der Waals surface area contributed by atoms with Gasteiger partial charge in [0.2, 0.25) is 11.8 Å². The highest BCUT2D eigenvalue weighted by atomic mass is 16.2. The Hall–Kier alpha value is -2.77. The first kappa shape index (κ1) is 16.1. The molecular weight excluding hydrogens is 308 g/mol. The van der Waals surface area contributed by atoms with E-state index >= 15 is 0 Å². The Morgan fingerprint density at radius 3 is 2.71 bits per heavy atom. The Kier molecular flexibility index (Phi) is 4.04. The predicted octanol–water partition coefficient (Wildman–Crippen LogP) is 0.985. The second kappa shape index (κ2) is 6.03. The van der Waals surface area contributed by atoms with Gasteiger partial charge in [0.15, 0.2) is 0 Å². The number of likely N-dealkylation sites (tertiary alicyclic amines) is 1. The zero-order valence-electron chi connectivity index (χ0n) is 14.1. The second-order valence-electron chi connectivity index (χ2n) is 6.09. The Labute approximate surface area is 139 Å². The molecule has 1 aliphatic rings. The smallest absolute Gasteiger partial charge is 0.230 e. The van der Waals surface area contributed by atoms with Crippen LogP contribution < -0.4 is 5.32 Å². The van der Waals surface area contributed by atoms with Crippen LogP contribution in [0.25, 0.3) is 0 Å². The van der Waals surface area contributed by atoms with Crippen LogP contribution in [0.15, 0.2) is 18.5 Å². The van der Waals surface area contributed by atoms with Crippen molar-refractivity contribution in [1.29, 1.82) is 0 Å². The number of amides is 2. The predicted molar refractivity (Wildman–Crippen MR) is 87.0 cm³/mol. The first-order valence-corrected chi connectivity index (χ1v) is 7.73. The van der Waals surface area contributed by atoms with Gasteiger partial charge in [-0.15, -0.1) is 0 Å². The number of nitrogens with one attached hydrogen (secondary N) is 1. The normalized spacial score (nSPS) is 20.5. The zero-order chi connectivity index (χ0) is 17.4. The van der Waals surface area contributed by atoms with Gasteiger partial charge < -0.3 is 10.2 Å². The molecule has 0 unspecified atom stereocenters. The molecule has 0 saturated carbocycles. The van der Waals surface area contributed by atoms with Crippen molar-refractivity contribution < 1.29 is 9.59 Å². The molecule has 0 radical (unpaired) electrons. The van der Waals surface area contributed by atoms with Crippen molar-refractivity contribution in [3.05, 3.63) is 35.4 Å². The fraction of sp³-hybridized carbons (Fsp3) is 0.438. The number of aryl methyl sites for hydroxylation is 2. The molecule has 8 nitrogen and oxygen atoms in total. The SMILES string of the molecule is Cc1nnccc1NC(=O)[C@H]1CC(=O)N(C)[C@@H]1c1cnn(C)c1C. The molecule has 3 heterocycles. The summed E-state index contributed by atoms with van der Waals surface area (Å²) in [5.74, 6) is -0.719. The van der Waals surface area contributed by atoms with E-state index in [1.807, 2.05) is 14.0 Å². The van der Waals surface area contributed by atoms with Crippen LogP contribution in [0, 0.1) is 19.8 Å². The molecular formula is C16H20N6O2. The highest BCUT2D eigenvalue weighted by Gasteiger charge is 2.44. The lowest BCUT2D eigenvalue weighted by atomic mass is 9.93. The molecule has 0 spiro atoms. The molecule has 1 fully saturated rings. The van der Waals surface area contributed by atoms with Gasteiger partial charge in [0.1, 0.15) is 0 Å². The number of aromatic nitrogens is 4. The third-order valence-corrected chi connectivity index (χ3v) is 4.68. The minimum Gasteiger partial charge on any atom is -0.338 e. The molecule has 1 saturated heterocycles. The number of hydrogen-bond acceptors (Lipinski definition) is 5. The Balaban J connectivity index is 1.90. The fourth-order valence-corrected chi connectivity index (χ4v) is 3.10. The summed E-state index contributed by atoms with van der Waals surface area (Å²) in [6, 6.07) is 1.38. The standard InChI is InChI=1S/C16H20N6O2/c1-9-13(5-6-17-20-9)19-16(24)11-7-14(23)21(3)15(11)12-8-18-22(4)10(12)2/h5-6,8,11,15H,7H2,1-4H3,(H,17,19,24)/t11-,15-/m0/s1. The molecule has 126 valence electrons. The van der Waals surface area contributed by atoms with E-state index < -0.39 is 5.92 Å². The lowest BCUT2D eigenvalue weighted by Gasteiger charge is -2.24. The molecule has 2 amide bonds. The van der Waals surface area contributed by atoms with Gasteiger partial charge in [-0.1, -0.05) is 0 Å². The molecule has 2 atom stereocenters. The molecule has 24 heavy (non-hydrogen) atoms. The first-order valence-electron chi connectivity index (χ1n) is 7.73. The molecule has 3 rings (SSSR count). The van der Waals surface area contributed by atoms with E-state index in [0.29, 0.717) is 11.4 Å². The van der Waals surface area contributed by atoms with Crippen molar-refractivity contribution in [3.63, 3.8) is 0 Å². The monoisotopic (exact) mass is 328 g/mol.